The first-order chi connectivity index (χ1) is 8.20. The summed E-state index contributed by atoms with van der Waals surface area (Å²) in [6.07, 6.45) is 1.70. The number of aromatic nitrogens is 1. The van der Waals surface area contributed by atoms with Gasteiger partial charge >= 0.3 is 0 Å². The van der Waals surface area contributed by atoms with E-state index in [-0.39, 0.29) is 0 Å². The molecule has 0 aliphatic rings. The number of nitrogens with two attached hydrogens (primary N) is 1. The van der Waals surface area contributed by atoms with Crippen LogP contribution in [0.25, 0.3) is 0 Å². The van der Waals surface area contributed by atoms with E-state index in [4.69, 9.17) is 17.3 Å². The number of pyridine rings is 1. The predicted octanol–water partition coefficient (Wildman–Crippen LogP) is 3.25. The zero-order valence-corrected chi connectivity index (χ0v) is 10.3. The van der Waals surface area contributed by atoms with Gasteiger partial charge in [0.1, 0.15) is 5.15 Å². The first-order valence-corrected chi connectivity index (χ1v) is 5.75. The minimum Gasteiger partial charge on any atom is -0.355 e. The lowest BCUT2D eigenvalue weighted by Crippen LogP contribution is -2.03. The van der Waals surface area contributed by atoms with Crippen molar-refractivity contribution >= 4 is 23.0 Å². The Kier molecular flexibility index (Phi) is 3.61. The fourth-order valence-corrected chi connectivity index (χ4v) is 1.75. The van der Waals surface area contributed by atoms with Crippen molar-refractivity contribution in [2.45, 2.75) is 13.5 Å². The summed E-state index contributed by atoms with van der Waals surface area (Å²) >= 11 is 5.89. The van der Waals surface area contributed by atoms with Gasteiger partial charge in [0.15, 0.2) is 0 Å². The zero-order valence-electron chi connectivity index (χ0n) is 9.57. The number of para-hydroxylation sites is 1. The van der Waals surface area contributed by atoms with Crippen LogP contribution in [0.1, 0.15) is 11.1 Å². The third-order valence-electron chi connectivity index (χ3n) is 2.59. The van der Waals surface area contributed by atoms with E-state index in [9.17, 15) is 0 Å². The molecule has 0 aliphatic carbocycles. The zero-order chi connectivity index (χ0) is 12.3. The Morgan fingerprint density at radius 3 is 2.76 bits per heavy atom. The van der Waals surface area contributed by atoms with Gasteiger partial charge in [0.2, 0.25) is 0 Å². The third-order valence-corrected chi connectivity index (χ3v) is 2.79. The molecular formula is C13H14ClN3. The van der Waals surface area contributed by atoms with E-state index in [1.807, 2.05) is 31.2 Å². The van der Waals surface area contributed by atoms with Crippen molar-refractivity contribution in [3.8, 4) is 0 Å². The Hall–Kier alpha value is -1.58. The average Bonchev–Trinajstić information content (AvgIpc) is 2.32. The van der Waals surface area contributed by atoms with Crippen molar-refractivity contribution in [3.63, 3.8) is 0 Å². The van der Waals surface area contributed by atoms with Crippen molar-refractivity contribution in [1.82, 2.24) is 4.98 Å². The first kappa shape index (κ1) is 11.9. The van der Waals surface area contributed by atoms with Crippen LogP contribution in [0.5, 0.6) is 0 Å². The van der Waals surface area contributed by atoms with Gasteiger partial charge in [-0.05, 0) is 24.6 Å². The molecule has 17 heavy (non-hydrogen) atoms. The van der Waals surface area contributed by atoms with Crippen LogP contribution in [0.2, 0.25) is 5.15 Å². The molecule has 2 aromatic rings. The summed E-state index contributed by atoms with van der Waals surface area (Å²) in [5, 5.41) is 3.78. The molecule has 0 unspecified atom stereocenters. The maximum absolute atomic E-state index is 5.89. The molecule has 4 heteroatoms. The molecule has 3 nitrogen and oxygen atoms in total. The van der Waals surface area contributed by atoms with Gasteiger partial charge in [0, 0.05) is 29.7 Å². The molecule has 0 amide bonds. The van der Waals surface area contributed by atoms with Gasteiger partial charge in [-0.1, -0.05) is 29.8 Å². The second-order valence-corrected chi connectivity index (χ2v) is 4.20. The van der Waals surface area contributed by atoms with E-state index in [0.717, 1.165) is 16.9 Å². The van der Waals surface area contributed by atoms with Gasteiger partial charge < -0.3 is 11.1 Å². The quantitative estimate of drug-likeness (QED) is 0.819. The predicted molar refractivity (Wildman–Crippen MR) is 71.6 cm³/mol. The molecule has 3 N–H and O–H groups in total. The molecule has 0 atom stereocenters. The standard InChI is InChI=1S/C13H14ClN3/c1-9-4-2-3-5-11(9)17-12-6-13(14)16-8-10(12)7-15/h2-6,8H,7,15H2,1H3,(H,16,17). The summed E-state index contributed by atoms with van der Waals surface area (Å²) in [4.78, 5) is 4.02. The fourth-order valence-electron chi connectivity index (χ4n) is 1.60. The smallest absolute Gasteiger partial charge is 0.131 e. The molecule has 0 bridgehead atoms. The molecule has 2 rings (SSSR count). The first-order valence-electron chi connectivity index (χ1n) is 5.38. The summed E-state index contributed by atoms with van der Waals surface area (Å²) in [7, 11) is 0. The average molecular weight is 248 g/mol. The molecule has 1 aromatic carbocycles. The van der Waals surface area contributed by atoms with Crippen LogP contribution in [0.4, 0.5) is 11.4 Å². The lowest BCUT2D eigenvalue weighted by Gasteiger charge is -2.12. The number of hydrogen-bond donors (Lipinski definition) is 2. The van der Waals surface area contributed by atoms with Crippen LogP contribution in [0.3, 0.4) is 0 Å². The Morgan fingerprint density at radius 1 is 1.29 bits per heavy atom. The second-order valence-electron chi connectivity index (χ2n) is 3.81. The van der Waals surface area contributed by atoms with E-state index in [1.54, 1.807) is 12.3 Å². The molecular weight excluding hydrogens is 234 g/mol. The number of halogens is 1. The van der Waals surface area contributed by atoms with Crippen LogP contribution in [0, 0.1) is 6.92 Å². The van der Waals surface area contributed by atoms with Gasteiger partial charge in [-0.15, -0.1) is 0 Å². The van der Waals surface area contributed by atoms with E-state index in [0.29, 0.717) is 11.7 Å². The minimum atomic E-state index is 0.429. The number of rotatable bonds is 3. The van der Waals surface area contributed by atoms with E-state index < -0.39 is 0 Å². The number of nitrogens with one attached hydrogen (secondary N) is 1. The number of aryl methyl sites for hydroxylation is 1. The lowest BCUT2D eigenvalue weighted by atomic mass is 10.1. The summed E-state index contributed by atoms with van der Waals surface area (Å²) in [5.74, 6) is 0. The van der Waals surface area contributed by atoms with Crippen molar-refractivity contribution in [1.29, 1.82) is 0 Å². The van der Waals surface area contributed by atoms with E-state index >= 15 is 0 Å². The highest BCUT2D eigenvalue weighted by molar-refractivity contribution is 6.29. The third kappa shape index (κ3) is 2.75. The molecule has 1 heterocycles. The molecule has 0 spiro atoms. The molecule has 0 saturated carbocycles. The highest BCUT2D eigenvalue weighted by Gasteiger charge is 2.04. The summed E-state index contributed by atoms with van der Waals surface area (Å²) in [6.45, 7) is 2.48. The molecule has 0 aliphatic heterocycles. The Bertz CT molecular complexity index is 526. The topological polar surface area (TPSA) is 50.9 Å². The van der Waals surface area contributed by atoms with Gasteiger partial charge in [-0.3, -0.25) is 0 Å². The van der Waals surface area contributed by atoms with Gasteiger partial charge in [0.05, 0.1) is 0 Å². The van der Waals surface area contributed by atoms with Crippen LogP contribution < -0.4 is 11.1 Å². The number of hydrogen-bond acceptors (Lipinski definition) is 3. The maximum Gasteiger partial charge on any atom is 0.131 e. The van der Waals surface area contributed by atoms with Crippen molar-refractivity contribution in [2.24, 2.45) is 5.73 Å². The highest BCUT2D eigenvalue weighted by atomic mass is 35.5. The fraction of sp³-hybridized carbons (Fsp3) is 0.154. The molecule has 0 fully saturated rings. The molecule has 0 saturated heterocycles. The van der Waals surface area contributed by atoms with E-state index in [2.05, 4.69) is 10.3 Å². The lowest BCUT2D eigenvalue weighted by molar-refractivity contribution is 1.05. The van der Waals surface area contributed by atoms with Gasteiger partial charge in [-0.2, -0.15) is 0 Å². The van der Waals surface area contributed by atoms with Crippen molar-refractivity contribution in [3.05, 3.63) is 52.8 Å². The molecule has 1 aromatic heterocycles. The molecule has 88 valence electrons. The van der Waals surface area contributed by atoms with Crippen LogP contribution in [-0.4, -0.2) is 4.98 Å². The monoisotopic (exact) mass is 247 g/mol. The summed E-state index contributed by atoms with van der Waals surface area (Å²) in [6, 6.07) is 9.84. The Labute approximate surface area is 106 Å². The van der Waals surface area contributed by atoms with Gasteiger partial charge in [0.25, 0.3) is 0 Å². The van der Waals surface area contributed by atoms with Crippen molar-refractivity contribution < 1.29 is 0 Å². The number of anilines is 2. The Balaban J connectivity index is 2.35. The van der Waals surface area contributed by atoms with Gasteiger partial charge in [-0.25, -0.2) is 4.98 Å². The SMILES string of the molecule is Cc1ccccc1Nc1cc(Cl)ncc1CN. The maximum atomic E-state index is 5.89. The van der Waals surface area contributed by atoms with Crippen LogP contribution >= 0.6 is 11.6 Å². The van der Waals surface area contributed by atoms with Crippen molar-refractivity contribution in [2.75, 3.05) is 5.32 Å². The number of benzene rings is 1. The largest absolute Gasteiger partial charge is 0.355 e. The second kappa shape index (κ2) is 5.17. The number of nitrogens with zero attached hydrogens (tertiary/aromatic N) is 1. The van der Waals surface area contributed by atoms with Crippen LogP contribution in [0.15, 0.2) is 36.5 Å². The summed E-state index contributed by atoms with van der Waals surface area (Å²) in [5.41, 5.74) is 9.73. The van der Waals surface area contributed by atoms with Crippen LogP contribution in [-0.2, 0) is 6.54 Å². The Morgan fingerprint density at radius 2 is 2.06 bits per heavy atom. The molecule has 0 radical (unpaired) electrons. The minimum absolute atomic E-state index is 0.429. The summed E-state index contributed by atoms with van der Waals surface area (Å²) < 4.78 is 0. The van der Waals surface area contributed by atoms with E-state index in [1.165, 1.54) is 5.56 Å². The highest BCUT2D eigenvalue weighted by Crippen LogP contribution is 2.24. The normalized spacial score (nSPS) is 10.3.